The van der Waals surface area contributed by atoms with Gasteiger partial charge in [-0.05, 0) is 47.9 Å². The molecule has 0 radical (unpaired) electrons. The van der Waals surface area contributed by atoms with Crippen LogP contribution < -0.4 is 24.6 Å². The molecular weight excluding hydrogens is 445 g/mol. The molecule has 1 saturated heterocycles. The van der Waals surface area contributed by atoms with Gasteiger partial charge < -0.3 is 24.6 Å². The Hall–Kier alpha value is -3.74. The first-order valence-electron chi connectivity index (χ1n) is 11.9. The maximum absolute atomic E-state index is 13.6. The maximum atomic E-state index is 13.6. The lowest BCUT2D eigenvalue weighted by molar-refractivity contribution is -0.126. The summed E-state index contributed by atoms with van der Waals surface area (Å²) in [6.07, 6.45) is 0.634. The van der Waals surface area contributed by atoms with E-state index in [0.29, 0.717) is 19.5 Å². The van der Waals surface area contributed by atoms with Gasteiger partial charge in [0.2, 0.25) is 5.91 Å². The zero-order valence-corrected chi connectivity index (χ0v) is 20.0. The standard InChI is InChI=1S/C28H30FN3O3/c1-34-22-11-10-20-15-23(28(33)30-17-19-6-5-7-21(29)14-19)26-18-31(12-13-32(26)25(20)16-22)24-8-3-4-9-27(24)35-2/h3-11,14,16,23,26H,12-13,15,17-18H2,1-2H3,(H,30,33)/t23-,26-/m1/s1. The molecule has 3 aromatic rings. The number of ether oxygens (including phenoxy) is 2. The fourth-order valence-electron chi connectivity index (χ4n) is 5.28. The Balaban J connectivity index is 1.43. The van der Waals surface area contributed by atoms with Gasteiger partial charge in [-0.2, -0.15) is 0 Å². The molecule has 2 aliphatic rings. The van der Waals surface area contributed by atoms with Gasteiger partial charge >= 0.3 is 0 Å². The molecule has 182 valence electrons. The minimum absolute atomic E-state index is 0.0207. The Bertz CT molecular complexity index is 1220. The molecule has 0 aliphatic carbocycles. The van der Waals surface area contributed by atoms with Crippen LogP contribution in [0.5, 0.6) is 11.5 Å². The van der Waals surface area contributed by atoms with Crippen LogP contribution in [0.2, 0.25) is 0 Å². The van der Waals surface area contributed by atoms with Gasteiger partial charge in [-0.1, -0.05) is 30.3 Å². The molecule has 6 nitrogen and oxygen atoms in total. The normalized spacial score (nSPS) is 18.9. The van der Waals surface area contributed by atoms with Crippen LogP contribution in [0.15, 0.2) is 66.7 Å². The quantitative estimate of drug-likeness (QED) is 0.584. The number of carbonyl (C=O) groups is 1. The van der Waals surface area contributed by atoms with Gasteiger partial charge in [0.1, 0.15) is 17.3 Å². The third kappa shape index (κ3) is 4.63. The van der Waals surface area contributed by atoms with Gasteiger partial charge in [0, 0.05) is 37.9 Å². The summed E-state index contributed by atoms with van der Waals surface area (Å²) in [5, 5.41) is 3.06. The largest absolute Gasteiger partial charge is 0.497 e. The Morgan fingerprint density at radius 2 is 1.86 bits per heavy atom. The molecule has 2 aliphatic heterocycles. The van der Waals surface area contributed by atoms with E-state index in [0.717, 1.165) is 47.1 Å². The first kappa shape index (κ1) is 23.0. The first-order chi connectivity index (χ1) is 17.1. The number of rotatable bonds is 6. The van der Waals surface area contributed by atoms with E-state index in [4.69, 9.17) is 9.47 Å². The highest BCUT2D eigenvalue weighted by atomic mass is 19.1. The second-order valence-corrected chi connectivity index (χ2v) is 9.03. The minimum Gasteiger partial charge on any atom is -0.497 e. The average molecular weight is 476 g/mol. The lowest BCUT2D eigenvalue weighted by Gasteiger charge is -2.49. The maximum Gasteiger partial charge on any atom is 0.225 e. The number of hydrogen-bond donors (Lipinski definition) is 1. The second kappa shape index (κ2) is 9.86. The third-order valence-electron chi connectivity index (χ3n) is 7.04. The molecule has 35 heavy (non-hydrogen) atoms. The number of benzene rings is 3. The number of halogens is 1. The fourth-order valence-corrected chi connectivity index (χ4v) is 5.28. The van der Waals surface area contributed by atoms with Gasteiger partial charge in [-0.3, -0.25) is 4.79 Å². The summed E-state index contributed by atoms with van der Waals surface area (Å²) in [6.45, 7) is 2.57. The van der Waals surface area contributed by atoms with Crippen molar-refractivity contribution >= 4 is 17.3 Å². The molecule has 5 rings (SSSR count). The minimum atomic E-state index is -0.303. The number of fused-ring (bicyclic) bond motifs is 3. The molecule has 1 amide bonds. The van der Waals surface area contributed by atoms with Gasteiger partial charge in [-0.15, -0.1) is 0 Å². The van der Waals surface area contributed by atoms with Crippen LogP contribution in [0.1, 0.15) is 11.1 Å². The number of piperazine rings is 1. The molecule has 0 spiro atoms. The van der Waals surface area contributed by atoms with E-state index in [9.17, 15) is 9.18 Å². The van der Waals surface area contributed by atoms with Crippen LogP contribution in [0, 0.1) is 11.7 Å². The molecule has 0 aromatic heterocycles. The van der Waals surface area contributed by atoms with Crippen molar-refractivity contribution in [3.63, 3.8) is 0 Å². The van der Waals surface area contributed by atoms with Gasteiger partial charge in [0.15, 0.2) is 0 Å². The Labute approximate surface area is 205 Å². The first-order valence-corrected chi connectivity index (χ1v) is 11.9. The summed E-state index contributed by atoms with van der Waals surface area (Å²) >= 11 is 0. The smallest absolute Gasteiger partial charge is 0.225 e. The molecule has 2 heterocycles. The summed E-state index contributed by atoms with van der Waals surface area (Å²) in [5.41, 5.74) is 4.04. The van der Waals surface area contributed by atoms with Crippen molar-refractivity contribution in [3.8, 4) is 11.5 Å². The van der Waals surface area contributed by atoms with E-state index in [1.807, 2.05) is 30.3 Å². The number of nitrogens with one attached hydrogen (secondary N) is 1. The third-order valence-corrected chi connectivity index (χ3v) is 7.04. The van der Waals surface area contributed by atoms with Crippen LogP contribution in [0.4, 0.5) is 15.8 Å². The zero-order chi connectivity index (χ0) is 24.4. The fraction of sp³-hybridized carbons (Fsp3) is 0.321. The monoisotopic (exact) mass is 475 g/mol. The Morgan fingerprint density at radius 3 is 2.66 bits per heavy atom. The lowest BCUT2D eigenvalue weighted by atomic mass is 9.83. The Kier molecular flexibility index (Phi) is 6.49. The van der Waals surface area contributed by atoms with E-state index >= 15 is 0 Å². The van der Waals surface area contributed by atoms with Gasteiger partial charge in [0.05, 0.1) is 31.9 Å². The van der Waals surface area contributed by atoms with Crippen molar-refractivity contribution in [2.45, 2.75) is 19.0 Å². The van der Waals surface area contributed by atoms with Crippen molar-refractivity contribution in [1.82, 2.24) is 5.32 Å². The molecular formula is C28H30FN3O3. The lowest BCUT2D eigenvalue weighted by Crippen LogP contribution is -2.61. The number of amides is 1. The summed E-state index contributed by atoms with van der Waals surface area (Å²) in [4.78, 5) is 18.2. The SMILES string of the molecule is COc1ccc2c(c1)N1CCN(c3ccccc3OC)C[C@@H]1[C@H](C(=O)NCc1cccc(F)c1)C2. The number of nitrogens with zero attached hydrogens (tertiary/aromatic N) is 2. The van der Waals surface area contributed by atoms with E-state index in [2.05, 4.69) is 33.3 Å². The van der Waals surface area contributed by atoms with E-state index in [-0.39, 0.29) is 23.7 Å². The molecule has 1 fully saturated rings. The topological polar surface area (TPSA) is 54.0 Å². The predicted octanol–water partition coefficient (Wildman–Crippen LogP) is 4.03. The van der Waals surface area contributed by atoms with Crippen molar-refractivity contribution in [1.29, 1.82) is 0 Å². The van der Waals surface area contributed by atoms with Crippen molar-refractivity contribution in [2.24, 2.45) is 5.92 Å². The van der Waals surface area contributed by atoms with Gasteiger partial charge in [-0.25, -0.2) is 4.39 Å². The van der Waals surface area contributed by atoms with Crippen LogP contribution >= 0.6 is 0 Å². The molecule has 0 bridgehead atoms. The van der Waals surface area contributed by atoms with Crippen molar-refractivity contribution in [3.05, 3.63) is 83.7 Å². The van der Waals surface area contributed by atoms with Gasteiger partial charge in [0.25, 0.3) is 0 Å². The molecule has 0 unspecified atom stereocenters. The van der Waals surface area contributed by atoms with E-state index in [1.54, 1.807) is 20.3 Å². The number of methoxy groups -OCH3 is 2. The Morgan fingerprint density at radius 1 is 1.00 bits per heavy atom. The zero-order valence-electron chi connectivity index (χ0n) is 20.0. The van der Waals surface area contributed by atoms with Crippen molar-refractivity contribution in [2.75, 3.05) is 43.7 Å². The highest BCUT2D eigenvalue weighted by Crippen LogP contribution is 2.40. The van der Waals surface area contributed by atoms with Crippen LogP contribution in [-0.2, 0) is 17.8 Å². The summed E-state index contributed by atoms with van der Waals surface area (Å²) in [7, 11) is 3.35. The average Bonchev–Trinajstić information content (AvgIpc) is 2.90. The van der Waals surface area contributed by atoms with Crippen molar-refractivity contribution < 1.29 is 18.7 Å². The summed E-state index contributed by atoms with van der Waals surface area (Å²) < 4.78 is 24.7. The number of anilines is 2. The van der Waals surface area contributed by atoms with Crippen LogP contribution in [-0.4, -0.2) is 45.8 Å². The highest BCUT2D eigenvalue weighted by Gasteiger charge is 2.42. The molecule has 7 heteroatoms. The van der Waals surface area contributed by atoms with Crippen LogP contribution in [0.25, 0.3) is 0 Å². The van der Waals surface area contributed by atoms with Crippen LogP contribution in [0.3, 0.4) is 0 Å². The number of hydrogen-bond acceptors (Lipinski definition) is 5. The molecule has 0 saturated carbocycles. The summed E-state index contributed by atoms with van der Waals surface area (Å²) in [6, 6.07) is 20.4. The predicted molar refractivity (Wildman–Crippen MR) is 135 cm³/mol. The number of carbonyl (C=O) groups excluding carboxylic acids is 1. The van der Waals surface area contributed by atoms with E-state index in [1.165, 1.54) is 12.1 Å². The molecule has 1 N–H and O–H groups in total. The molecule has 2 atom stereocenters. The molecule has 3 aromatic carbocycles. The summed E-state index contributed by atoms with van der Waals surface area (Å²) in [5.74, 6) is 1.06. The highest BCUT2D eigenvalue weighted by molar-refractivity contribution is 5.82. The van der Waals surface area contributed by atoms with E-state index < -0.39 is 0 Å². The number of para-hydroxylation sites is 2. The second-order valence-electron chi connectivity index (χ2n) is 9.03.